The van der Waals surface area contributed by atoms with Gasteiger partial charge in [-0.15, -0.1) is 0 Å². The van der Waals surface area contributed by atoms with Crippen molar-refractivity contribution in [3.63, 3.8) is 0 Å². The van der Waals surface area contributed by atoms with Gasteiger partial charge in [0.2, 0.25) is 0 Å². The number of benzene rings is 3. The molecule has 5 heteroatoms. The van der Waals surface area contributed by atoms with Crippen LogP contribution in [0.3, 0.4) is 0 Å². The summed E-state index contributed by atoms with van der Waals surface area (Å²) >= 11 is 1.83. The van der Waals surface area contributed by atoms with Gasteiger partial charge in [0.25, 0.3) is 5.91 Å². The topological polar surface area (TPSA) is 46.9 Å². The van der Waals surface area contributed by atoms with E-state index < -0.39 is 0 Å². The molecule has 0 atom stereocenters. The highest BCUT2D eigenvalue weighted by Gasteiger charge is 2.25. The summed E-state index contributed by atoms with van der Waals surface area (Å²) in [4.78, 5) is 13.0. The second kappa shape index (κ2) is 7.84. The van der Waals surface area contributed by atoms with E-state index in [1.165, 1.54) is 5.56 Å². The molecule has 0 fully saturated rings. The first-order chi connectivity index (χ1) is 14.7. The van der Waals surface area contributed by atoms with E-state index in [2.05, 4.69) is 36.5 Å². The van der Waals surface area contributed by atoms with Crippen LogP contribution < -0.4 is 5.32 Å². The van der Waals surface area contributed by atoms with Crippen LogP contribution in [-0.4, -0.2) is 15.7 Å². The molecule has 0 aliphatic carbocycles. The predicted molar refractivity (Wildman–Crippen MR) is 123 cm³/mol. The zero-order valence-electron chi connectivity index (χ0n) is 16.6. The van der Waals surface area contributed by atoms with E-state index >= 15 is 0 Å². The maximum absolute atomic E-state index is 13.0. The number of nitrogens with zero attached hydrogens (tertiary/aromatic N) is 2. The average Bonchev–Trinajstić information content (AvgIpc) is 3.38. The SMILES string of the molecule is Cc1ccc(-n2nc3c(c2NC(=O)c2ccc(-c4ccccc4)cc2)CSC3)cc1. The molecular formula is C25H21N3OS. The van der Waals surface area contributed by atoms with Crippen LogP contribution in [0.4, 0.5) is 5.82 Å². The Balaban J connectivity index is 1.44. The smallest absolute Gasteiger partial charge is 0.256 e. The third kappa shape index (κ3) is 3.53. The lowest BCUT2D eigenvalue weighted by Gasteiger charge is -2.12. The summed E-state index contributed by atoms with van der Waals surface area (Å²) in [5, 5.41) is 7.90. The number of nitrogens with one attached hydrogen (secondary N) is 1. The molecule has 5 rings (SSSR count). The Morgan fingerprint density at radius 2 is 1.60 bits per heavy atom. The number of carbonyl (C=O) groups is 1. The van der Waals surface area contributed by atoms with Crippen LogP contribution in [0, 0.1) is 6.92 Å². The van der Waals surface area contributed by atoms with E-state index in [1.807, 2.05) is 71.0 Å². The molecule has 1 aliphatic rings. The second-order valence-corrected chi connectivity index (χ2v) is 8.40. The van der Waals surface area contributed by atoms with E-state index in [-0.39, 0.29) is 5.91 Å². The van der Waals surface area contributed by atoms with Crippen LogP contribution in [0.2, 0.25) is 0 Å². The van der Waals surface area contributed by atoms with Gasteiger partial charge in [0.1, 0.15) is 5.82 Å². The second-order valence-electron chi connectivity index (χ2n) is 7.41. The summed E-state index contributed by atoms with van der Waals surface area (Å²) in [6.07, 6.45) is 0. The molecule has 30 heavy (non-hydrogen) atoms. The number of anilines is 1. The van der Waals surface area contributed by atoms with E-state index in [9.17, 15) is 4.79 Å². The number of aryl methyl sites for hydroxylation is 1. The first-order valence-corrected chi connectivity index (χ1v) is 11.1. The molecule has 148 valence electrons. The first kappa shape index (κ1) is 18.7. The minimum Gasteiger partial charge on any atom is -0.306 e. The molecule has 0 radical (unpaired) electrons. The Kier molecular flexibility index (Phi) is 4.89. The van der Waals surface area contributed by atoms with Crippen molar-refractivity contribution in [2.45, 2.75) is 18.4 Å². The van der Waals surface area contributed by atoms with Crippen molar-refractivity contribution in [1.82, 2.24) is 9.78 Å². The molecule has 0 unspecified atom stereocenters. The van der Waals surface area contributed by atoms with E-state index in [0.717, 1.165) is 45.4 Å². The molecule has 1 aromatic heterocycles. The monoisotopic (exact) mass is 411 g/mol. The normalized spacial score (nSPS) is 12.6. The lowest BCUT2D eigenvalue weighted by molar-refractivity contribution is 0.102. The molecule has 3 aromatic carbocycles. The van der Waals surface area contributed by atoms with Crippen molar-refractivity contribution in [2.24, 2.45) is 0 Å². The van der Waals surface area contributed by atoms with Crippen molar-refractivity contribution < 1.29 is 4.79 Å². The Hall–Kier alpha value is -3.31. The van der Waals surface area contributed by atoms with E-state index in [4.69, 9.17) is 5.10 Å². The van der Waals surface area contributed by atoms with Crippen molar-refractivity contribution in [3.8, 4) is 16.8 Å². The predicted octanol–water partition coefficient (Wildman–Crippen LogP) is 5.85. The van der Waals surface area contributed by atoms with Gasteiger partial charge in [-0.05, 0) is 42.3 Å². The number of carbonyl (C=O) groups excluding carboxylic acids is 1. The molecule has 1 amide bonds. The highest BCUT2D eigenvalue weighted by atomic mass is 32.2. The molecule has 2 heterocycles. The van der Waals surface area contributed by atoms with Crippen LogP contribution in [-0.2, 0) is 11.5 Å². The Labute approximate surface area is 179 Å². The van der Waals surface area contributed by atoms with Gasteiger partial charge in [0.15, 0.2) is 0 Å². The van der Waals surface area contributed by atoms with Gasteiger partial charge in [0.05, 0.1) is 11.4 Å². The quantitative estimate of drug-likeness (QED) is 0.458. The van der Waals surface area contributed by atoms with Gasteiger partial charge >= 0.3 is 0 Å². The molecule has 1 N–H and O–H groups in total. The third-order valence-corrected chi connectivity index (χ3v) is 6.29. The van der Waals surface area contributed by atoms with Crippen LogP contribution in [0.25, 0.3) is 16.8 Å². The number of rotatable bonds is 4. The van der Waals surface area contributed by atoms with Gasteiger partial charge in [-0.2, -0.15) is 16.9 Å². The van der Waals surface area contributed by atoms with Crippen molar-refractivity contribution >= 4 is 23.5 Å². The largest absolute Gasteiger partial charge is 0.306 e. The molecule has 4 nitrogen and oxygen atoms in total. The standard InChI is InChI=1S/C25H21N3OS/c1-17-7-13-21(14-8-17)28-24(22-15-30-16-23(22)27-28)26-25(29)20-11-9-19(10-12-20)18-5-3-2-4-6-18/h2-14H,15-16H2,1H3,(H,26,29). The molecule has 0 saturated carbocycles. The highest BCUT2D eigenvalue weighted by Crippen LogP contribution is 2.36. The molecule has 0 bridgehead atoms. The van der Waals surface area contributed by atoms with Gasteiger partial charge < -0.3 is 5.32 Å². The van der Waals surface area contributed by atoms with Crippen LogP contribution in [0.1, 0.15) is 27.2 Å². The Morgan fingerprint density at radius 1 is 0.900 bits per heavy atom. The number of thioether (sulfide) groups is 1. The maximum Gasteiger partial charge on any atom is 0.256 e. The fourth-order valence-electron chi connectivity index (χ4n) is 3.64. The van der Waals surface area contributed by atoms with Crippen LogP contribution in [0.5, 0.6) is 0 Å². The van der Waals surface area contributed by atoms with E-state index in [1.54, 1.807) is 0 Å². The fraction of sp³-hybridized carbons (Fsp3) is 0.120. The fourth-order valence-corrected chi connectivity index (χ4v) is 4.67. The average molecular weight is 412 g/mol. The minimum absolute atomic E-state index is 0.123. The molecular weight excluding hydrogens is 390 g/mol. The molecule has 4 aromatic rings. The number of hydrogen-bond acceptors (Lipinski definition) is 3. The molecule has 0 saturated heterocycles. The summed E-state index contributed by atoms with van der Waals surface area (Å²) in [6, 6.07) is 26.1. The highest BCUT2D eigenvalue weighted by molar-refractivity contribution is 7.98. The third-order valence-electron chi connectivity index (χ3n) is 5.32. The van der Waals surface area contributed by atoms with Crippen LogP contribution in [0.15, 0.2) is 78.9 Å². The summed E-state index contributed by atoms with van der Waals surface area (Å²) in [5.74, 6) is 2.39. The van der Waals surface area contributed by atoms with E-state index in [0.29, 0.717) is 5.56 Å². The lowest BCUT2D eigenvalue weighted by atomic mass is 10.0. The minimum atomic E-state index is -0.123. The molecule has 0 spiro atoms. The summed E-state index contributed by atoms with van der Waals surface area (Å²) in [7, 11) is 0. The maximum atomic E-state index is 13.0. The Morgan fingerprint density at radius 3 is 2.33 bits per heavy atom. The van der Waals surface area contributed by atoms with Crippen molar-refractivity contribution in [3.05, 3.63) is 101 Å². The molecule has 1 aliphatic heterocycles. The van der Waals surface area contributed by atoms with Gasteiger partial charge in [-0.3, -0.25) is 4.79 Å². The van der Waals surface area contributed by atoms with Gasteiger partial charge in [0, 0.05) is 22.6 Å². The summed E-state index contributed by atoms with van der Waals surface area (Å²) < 4.78 is 1.86. The first-order valence-electron chi connectivity index (χ1n) is 9.91. The zero-order valence-corrected chi connectivity index (χ0v) is 17.4. The number of amides is 1. The number of aromatic nitrogens is 2. The van der Waals surface area contributed by atoms with Gasteiger partial charge in [-0.25, -0.2) is 4.68 Å². The number of hydrogen-bond donors (Lipinski definition) is 1. The van der Waals surface area contributed by atoms with Gasteiger partial charge in [-0.1, -0.05) is 60.2 Å². The van der Waals surface area contributed by atoms with Crippen LogP contribution >= 0.6 is 11.8 Å². The lowest BCUT2D eigenvalue weighted by Crippen LogP contribution is -2.16. The van der Waals surface area contributed by atoms with Crippen molar-refractivity contribution in [1.29, 1.82) is 0 Å². The summed E-state index contributed by atoms with van der Waals surface area (Å²) in [5.41, 5.74) is 7.18. The summed E-state index contributed by atoms with van der Waals surface area (Å²) in [6.45, 7) is 2.06. The number of fused-ring (bicyclic) bond motifs is 1. The zero-order chi connectivity index (χ0) is 20.5. The van der Waals surface area contributed by atoms with Crippen molar-refractivity contribution in [2.75, 3.05) is 5.32 Å². The Bertz CT molecular complexity index is 1200.